The number of piperazine rings is 1. The lowest BCUT2D eigenvalue weighted by atomic mass is 10.1. The number of pyridine rings is 1. The number of sulfonamides is 1. The molecule has 0 bridgehead atoms. The van der Waals surface area contributed by atoms with Gasteiger partial charge in [0.05, 0.1) is 5.69 Å². The number of amides is 1. The highest BCUT2D eigenvalue weighted by Gasteiger charge is 2.42. The molecule has 1 aliphatic heterocycles. The Labute approximate surface area is 221 Å². The Morgan fingerprint density at radius 3 is 2.47 bits per heavy atom. The molecule has 0 spiro atoms. The van der Waals surface area contributed by atoms with Crippen LogP contribution in [0.15, 0.2) is 17.2 Å². The summed E-state index contributed by atoms with van der Waals surface area (Å²) < 4.78 is 70.2. The van der Waals surface area contributed by atoms with Crippen LogP contribution in [-0.4, -0.2) is 75.2 Å². The predicted molar refractivity (Wildman–Crippen MR) is 133 cm³/mol. The van der Waals surface area contributed by atoms with E-state index in [0.717, 1.165) is 0 Å². The van der Waals surface area contributed by atoms with Crippen LogP contribution in [0.4, 0.5) is 18.9 Å². The van der Waals surface area contributed by atoms with E-state index in [1.54, 1.807) is 11.8 Å². The lowest BCUT2D eigenvalue weighted by molar-refractivity contribution is -0.138. The number of halogens is 3. The van der Waals surface area contributed by atoms with Crippen LogP contribution in [0.5, 0.6) is 0 Å². The van der Waals surface area contributed by atoms with Gasteiger partial charge >= 0.3 is 6.18 Å². The van der Waals surface area contributed by atoms with Crippen molar-refractivity contribution in [1.82, 2.24) is 34.4 Å². The second-order valence-corrected chi connectivity index (χ2v) is 13.0. The van der Waals surface area contributed by atoms with Crippen LogP contribution in [0.25, 0.3) is 16.5 Å². The highest BCUT2D eigenvalue weighted by Crippen LogP contribution is 2.38. The van der Waals surface area contributed by atoms with Gasteiger partial charge < -0.3 is 9.80 Å². The molecule has 5 rings (SSSR count). The summed E-state index contributed by atoms with van der Waals surface area (Å²) in [4.78, 5) is 16.3. The minimum Gasteiger partial charge on any atom is -0.365 e. The lowest BCUT2D eigenvalue weighted by Gasteiger charge is -2.41. The van der Waals surface area contributed by atoms with Gasteiger partial charge in [0.2, 0.25) is 20.9 Å². The fraction of sp³-hybridized carbons (Fsp3) is 0.591. The van der Waals surface area contributed by atoms with Crippen molar-refractivity contribution in [3.63, 3.8) is 0 Å². The number of nitrogens with one attached hydrogen (secondary N) is 1. The molecule has 0 aromatic carbocycles. The van der Waals surface area contributed by atoms with Gasteiger partial charge in [0, 0.05) is 43.3 Å². The molecule has 1 amide bonds. The van der Waals surface area contributed by atoms with Crippen LogP contribution < -0.4 is 9.62 Å². The van der Waals surface area contributed by atoms with E-state index in [2.05, 4.69) is 25.1 Å². The van der Waals surface area contributed by atoms with Crippen molar-refractivity contribution in [2.75, 3.05) is 24.5 Å². The first-order valence-corrected chi connectivity index (χ1v) is 14.4. The summed E-state index contributed by atoms with van der Waals surface area (Å²) in [6, 6.07) is 1.33. The average Bonchev–Trinajstić information content (AvgIpc) is 3.22. The Morgan fingerprint density at radius 1 is 1.18 bits per heavy atom. The topological polar surface area (TPSA) is 126 Å². The van der Waals surface area contributed by atoms with E-state index >= 15 is 0 Å². The van der Waals surface area contributed by atoms with Crippen molar-refractivity contribution in [3.05, 3.63) is 17.3 Å². The van der Waals surface area contributed by atoms with Crippen molar-refractivity contribution in [2.24, 2.45) is 5.92 Å². The van der Waals surface area contributed by atoms with Crippen LogP contribution in [0.3, 0.4) is 0 Å². The molecule has 2 aliphatic rings. The number of alkyl halides is 3. The first-order chi connectivity index (χ1) is 17.7. The van der Waals surface area contributed by atoms with E-state index in [1.165, 1.54) is 16.7 Å². The molecule has 38 heavy (non-hydrogen) atoms. The van der Waals surface area contributed by atoms with Crippen LogP contribution in [0, 0.1) is 5.92 Å². The van der Waals surface area contributed by atoms with E-state index in [9.17, 15) is 26.4 Å². The number of fused-ring (bicyclic) bond motifs is 1. The van der Waals surface area contributed by atoms with Crippen molar-refractivity contribution in [3.8, 4) is 10.8 Å². The Bertz CT molecular complexity index is 1500. The van der Waals surface area contributed by atoms with E-state index in [0.29, 0.717) is 49.5 Å². The molecule has 0 radical (unpaired) electrons. The molecule has 0 unspecified atom stereocenters. The summed E-state index contributed by atoms with van der Waals surface area (Å²) >= 11 is 0.300. The highest BCUT2D eigenvalue weighted by atomic mass is 32.2. The third kappa shape index (κ3) is 4.96. The van der Waals surface area contributed by atoms with Gasteiger partial charge in [0.1, 0.15) is 4.90 Å². The first-order valence-electron chi connectivity index (χ1n) is 12.1. The van der Waals surface area contributed by atoms with Crippen LogP contribution in [0.1, 0.15) is 45.5 Å². The molecule has 3 aromatic heterocycles. The predicted octanol–water partition coefficient (Wildman–Crippen LogP) is 2.79. The van der Waals surface area contributed by atoms with E-state index < -0.39 is 26.7 Å². The maximum atomic E-state index is 13.3. The molecule has 11 nitrogen and oxygen atoms in total. The van der Waals surface area contributed by atoms with Crippen LogP contribution in [-0.2, 0) is 21.0 Å². The van der Waals surface area contributed by atoms with E-state index in [4.69, 9.17) is 0 Å². The summed E-state index contributed by atoms with van der Waals surface area (Å²) in [6.45, 7) is 8.62. The summed E-state index contributed by atoms with van der Waals surface area (Å²) in [5.41, 5.74) is 0.162. The first kappa shape index (κ1) is 26.7. The number of carbonyl (C=O) groups excluding carboxylic acids is 1. The third-order valence-electron chi connectivity index (χ3n) is 6.76. The second-order valence-electron chi connectivity index (χ2n) is 10.3. The van der Waals surface area contributed by atoms with Crippen molar-refractivity contribution >= 4 is 38.6 Å². The number of aromatic nitrogens is 5. The number of hydrogen-bond donors (Lipinski definition) is 1. The van der Waals surface area contributed by atoms with Gasteiger partial charge in [-0.3, -0.25) is 9.20 Å². The molecule has 16 heteroatoms. The minimum absolute atomic E-state index is 0.0296. The summed E-state index contributed by atoms with van der Waals surface area (Å²) in [6.07, 6.45) is -1.98. The molecule has 3 aromatic rings. The van der Waals surface area contributed by atoms with Gasteiger partial charge in [-0.15, -0.1) is 20.4 Å². The van der Waals surface area contributed by atoms with Gasteiger partial charge in [-0.05, 0) is 32.8 Å². The molecule has 4 heterocycles. The number of carbonyl (C=O) groups is 1. The largest absolute Gasteiger partial charge is 0.445 e. The Morgan fingerprint density at radius 2 is 1.89 bits per heavy atom. The van der Waals surface area contributed by atoms with Gasteiger partial charge in [0.25, 0.3) is 0 Å². The standard InChI is InChI=1S/C22H27F3N8O3S2/c1-12(2)19(34)32-8-7-31(10-13(32)3)15-9-14(38(35,36)30-21(4)5-6-21)11-33-16(15)26-27-17(33)18-28-29-20(37-18)22(23,24)25/h9,11-13,30H,5-8,10H2,1-4H3/t13-/m1/s1. The molecule has 1 saturated heterocycles. The van der Waals surface area contributed by atoms with E-state index in [1.807, 2.05) is 25.7 Å². The zero-order chi connectivity index (χ0) is 27.6. The maximum absolute atomic E-state index is 13.3. The molecule has 1 aliphatic carbocycles. The monoisotopic (exact) mass is 572 g/mol. The van der Waals surface area contributed by atoms with Crippen LogP contribution >= 0.6 is 11.3 Å². The fourth-order valence-corrected chi connectivity index (χ4v) is 6.59. The lowest BCUT2D eigenvalue weighted by Crippen LogP contribution is -2.55. The SMILES string of the molecule is CC(C)C(=O)N1CCN(c2cc(S(=O)(=O)NC3(C)CC3)cn3c(-c4nnc(C(F)(F)F)s4)nnc23)C[C@H]1C. The average molecular weight is 573 g/mol. The Hall–Kier alpha value is -2.85. The molecular formula is C22H27F3N8O3S2. The molecule has 2 fully saturated rings. The quantitative estimate of drug-likeness (QED) is 0.478. The molecular weight excluding hydrogens is 545 g/mol. The zero-order valence-electron chi connectivity index (χ0n) is 21.2. The van der Waals surface area contributed by atoms with Crippen LogP contribution in [0.2, 0.25) is 0 Å². The Kier molecular flexibility index (Phi) is 6.42. The number of anilines is 1. The third-order valence-corrected chi connectivity index (χ3v) is 9.32. The summed E-state index contributed by atoms with van der Waals surface area (Å²) in [5, 5.41) is 13.8. The van der Waals surface area contributed by atoms with Gasteiger partial charge in [0.15, 0.2) is 16.5 Å². The number of hydrogen-bond acceptors (Lipinski definition) is 9. The zero-order valence-corrected chi connectivity index (χ0v) is 22.8. The number of nitrogens with zero attached hydrogens (tertiary/aromatic N) is 7. The van der Waals surface area contributed by atoms with Gasteiger partial charge in [-0.2, -0.15) is 13.2 Å². The van der Waals surface area contributed by atoms with Crippen molar-refractivity contribution in [2.45, 2.75) is 63.2 Å². The summed E-state index contributed by atoms with van der Waals surface area (Å²) in [5.74, 6) is -0.181. The minimum atomic E-state index is -4.68. The van der Waals surface area contributed by atoms with Crippen molar-refractivity contribution < 1.29 is 26.4 Å². The second kappa shape index (κ2) is 9.12. The fourth-order valence-electron chi connectivity index (χ4n) is 4.41. The molecule has 206 valence electrons. The van der Waals surface area contributed by atoms with Gasteiger partial charge in [-0.25, -0.2) is 13.1 Å². The number of rotatable bonds is 6. The molecule has 1 saturated carbocycles. The normalized spacial score (nSPS) is 19.9. The van der Waals surface area contributed by atoms with Gasteiger partial charge in [-0.1, -0.05) is 25.2 Å². The highest BCUT2D eigenvalue weighted by molar-refractivity contribution is 7.89. The summed E-state index contributed by atoms with van der Waals surface area (Å²) in [7, 11) is -3.98. The maximum Gasteiger partial charge on any atom is 0.445 e. The molecule has 1 atom stereocenters. The van der Waals surface area contributed by atoms with E-state index in [-0.39, 0.29) is 39.2 Å². The van der Waals surface area contributed by atoms with Crippen molar-refractivity contribution in [1.29, 1.82) is 0 Å². The molecule has 1 N–H and O–H groups in total. The smallest absolute Gasteiger partial charge is 0.365 e. The Balaban J connectivity index is 1.59.